The Balaban J connectivity index is 3.22. The van der Waals surface area contributed by atoms with E-state index in [1.807, 2.05) is 0 Å². The van der Waals surface area contributed by atoms with Crippen LogP contribution in [0.15, 0.2) is 4.52 Å². The van der Waals surface area contributed by atoms with Gasteiger partial charge in [-0.15, -0.1) is 0 Å². The fourth-order valence-electron chi connectivity index (χ4n) is 0.833. The van der Waals surface area contributed by atoms with Gasteiger partial charge in [0, 0.05) is 0 Å². The molecule has 0 fully saturated rings. The summed E-state index contributed by atoms with van der Waals surface area (Å²) in [5.74, 6) is -1.04. The predicted octanol–water partition coefficient (Wildman–Crippen LogP) is 1.15. The van der Waals surface area contributed by atoms with Crippen molar-refractivity contribution in [2.45, 2.75) is 6.92 Å². The Hall–Kier alpha value is -1.36. The van der Waals surface area contributed by atoms with E-state index < -0.39 is 11.2 Å². The van der Waals surface area contributed by atoms with E-state index in [1.165, 1.54) is 14.0 Å². The molecule has 0 bridgehead atoms. The second kappa shape index (κ2) is 3.57. The average Bonchev–Trinajstić information content (AvgIpc) is 2.45. The van der Waals surface area contributed by atoms with Crippen LogP contribution >= 0.6 is 11.6 Å². The van der Waals surface area contributed by atoms with Crippen molar-refractivity contribution in [3.05, 3.63) is 17.0 Å². The van der Waals surface area contributed by atoms with E-state index in [-0.39, 0.29) is 17.0 Å². The summed E-state index contributed by atoms with van der Waals surface area (Å²) in [6.07, 6.45) is 0. The molecule has 0 radical (unpaired) electrons. The van der Waals surface area contributed by atoms with Crippen molar-refractivity contribution in [2.75, 3.05) is 7.11 Å². The maximum absolute atomic E-state index is 11.0. The fraction of sp³-hybridized carbons (Fsp3) is 0.286. The third kappa shape index (κ3) is 1.70. The monoisotopic (exact) mass is 203 g/mol. The quantitative estimate of drug-likeness (QED) is 0.533. The van der Waals surface area contributed by atoms with Gasteiger partial charge in [-0.25, -0.2) is 4.79 Å². The Morgan fingerprint density at radius 3 is 2.62 bits per heavy atom. The van der Waals surface area contributed by atoms with Gasteiger partial charge in [-0.3, -0.25) is 4.79 Å². The van der Waals surface area contributed by atoms with Crippen LogP contribution in [0, 0.1) is 6.92 Å². The molecule has 1 aromatic rings. The predicted molar refractivity (Wildman–Crippen MR) is 42.8 cm³/mol. The Morgan fingerprint density at radius 2 is 2.15 bits per heavy atom. The molecule has 0 N–H and O–H groups in total. The first kappa shape index (κ1) is 9.73. The molecule has 5 nitrogen and oxygen atoms in total. The number of halogens is 1. The Kier molecular flexibility index (Phi) is 2.67. The molecule has 0 saturated heterocycles. The van der Waals surface area contributed by atoms with E-state index in [0.717, 1.165) is 0 Å². The number of hydrogen-bond acceptors (Lipinski definition) is 5. The number of ether oxygens (including phenoxy) is 1. The van der Waals surface area contributed by atoms with Gasteiger partial charge in [0.05, 0.1) is 12.8 Å². The van der Waals surface area contributed by atoms with Crippen molar-refractivity contribution in [2.24, 2.45) is 0 Å². The summed E-state index contributed by atoms with van der Waals surface area (Å²) >= 11 is 5.21. The molecule has 0 aliphatic heterocycles. The number of esters is 1. The van der Waals surface area contributed by atoms with Crippen LogP contribution in [0.2, 0.25) is 0 Å². The third-order valence-corrected chi connectivity index (χ3v) is 1.62. The summed E-state index contributed by atoms with van der Waals surface area (Å²) in [5, 5.41) is 2.63. The highest BCUT2D eigenvalue weighted by Gasteiger charge is 2.24. The minimum atomic E-state index is -0.792. The summed E-state index contributed by atoms with van der Waals surface area (Å²) < 4.78 is 8.94. The zero-order valence-corrected chi connectivity index (χ0v) is 7.71. The van der Waals surface area contributed by atoms with Crippen LogP contribution < -0.4 is 0 Å². The lowest BCUT2D eigenvalue weighted by atomic mass is 10.2. The van der Waals surface area contributed by atoms with E-state index in [2.05, 4.69) is 14.4 Å². The number of rotatable bonds is 2. The average molecular weight is 204 g/mol. The smallest absolute Gasteiger partial charge is 0.377 e. The van der Waals surface area contributed by atoms with Crippen molar-refractivity contribution in [1.82, 2.24) is 5.16 Å². The number of methoxy groups -OCH3 is 1. The van der Waals surface area contributed by atoms with Crippen molar-refractivity contribution < 1.29 is 18.8 Å². The first-order valence-corrected chi connectivity index (χ1v) is 3.70. The van der Waals surface area contributed by atoms with Gasteiger partial charge in [-0.05, 0) is 18.5 Å². The SMILES string of the molecule is COC(=O)c1onc(C)c1C(=O)Cl. The lowest BCUT2D eigenvalue weighted by molar-refractivity contribution is 0.0551. The third-order valence-electron chi connectivity index (χ3n) is 1.43. The number of aryl methyl sites for hydroxylation is 1. The molecule has 0 unspecified atom stereocenters. The largest absolute Gasteiger partial charge is 0.463 e. The first-order valence-electron chi connectivity index (χ1n) is 3.32. The van der Waals surface area contributed by atoms with E-state index in [4.69, 9.17) is 11.6 Å². The molecule has 13 heavy (non-hydrogen) atoms. The van der Waals surface area contributed by atoms with Crippen LogP contribution in [0.1, 0.15) is 26.6 Å². The van der Waals surface area contributed by atoms with Gasteiger partial charge in [-0.1, -0.05) is 5.16 Å². The van der Waals surface area contributed by atoms with Crippen LogP contribution in [0.5, 0.6) is 0 Å². The normalized spacial score (nSPS) is 9.77. The summed E-state index contributed by atoms with van der Waals surface area (Å²) in [6, 6.07) is 0. The Morgan fingerprint density at radius 1 is 1.54 bits per heavy atom. The summed E-state index contributed by atoms with van der Waals surface area (Å²) in [6.45, 7) is 1.51. The Bertz CT molecular complexity index is 357. The van der Waals surface area contributed by atoms with Gasteiger partial charge in [0.2, 0.25) is 0 Å². The van der Waals surface area contributed by atoms with Crippen LogP contribution in [0.25, 0.3) is 0 Å². The van der Waals surface area contributed by atoms with Gasteiger partial charge < -0.3 is 9.26 Å². The minimum absolute atomic E-state index is 0.0477. The second-order valence-electron chi connectivity index (χ2n) is 2.24. The highest BCUT2D eigenvalue weighted by Crippen LogP contribution is 2.16. The van der Waals surface area contributed by atoms with Gasteiger partial charge >= 0.3 is 5.97 Å². The van der Waals surface area contributed by atoms with E-state index in [9.17, 15) is 9.59 Å². The summed E-state index contributed by atoms with van der Waals surface area (Å²) in [5.41, 5.74) is 0.217. The van der Waals surface area contributed by atoms with Crippen molar-refractivity contribution in [1.29, 1.82) is 0 Å². The zero-order valence-electron chi connectivity index (χ0n) is 6.96. The molecule has 0 aromatic carbocycles. The maximum Gasteiger partial charge on any atom is 0.377 e. The second-order valence-corrected chi connectivity index (χ2v) is 2.58. The molecular weight excluding hydrogens is 198 g/mol. The topological polar surface area (TPSA) is 69.4 Å². The van der Waals surface area contributed by atoms with Crippen molar-refractivity contribution >= 4 is 22.8 Å². The van der Waals surface area contributed by atoms with E-state index in [0.29, 0.717) is 0 Å². The molecule has 1 aromatic heterocycles. The molecule has 0 aliphatic carbocycles. The number of carbonyl (C=O) groups is 2. The van der Waals surface area contributed by atoms with Gasteiger partial charge in [0.15, 0.2) is 0 Å². The summed E-state index contributed by atoms with van der Waals surface area (Å²) in [4.78, 5) is 21.8. The maximum atomic E-state index is 11.0. The minimum Gasteiger partial charge on any atom is -0.463 e. The van der Waals surface area contributed by atoms with Crippen LogP contribution in [0.4, 0.5) is 0 Å². The standard InChI is InChI=1S/C7H6ClNO4/c1-3-4(6(8)10)5(13-9-3)7(11)12-2/h1-2H3. The van der Waals surface area contributed by atoms with Gasteiger partial charge in [-0.2, -0.15) is 0 Å². The lowest BCUT2D eigenvalue weighted by Crippen LogP contribution is -2.05. The zero-order chi connectivity index (χ0) is 10.0. The van der Waals surface area contributed by atoms with Crippen LogP contribution in [-0.4, -0.2) is 23.5 Å². The molecule has 0 atom stereocenters. The van der Waals surface area contributed by atoms with E-state index in [1.54, 1.807) is 0 Å². The number of nitrogens with zero attached hydrogens (tertiary/aromatic N) is 1. The van der Waals surface area contributed by atoms with Crippen molar-refractivity contribution in [3.63, 3.8) is 0 Å². The highest BCUT2D eigenvalue weighted by atomic mass is 35.5. The molecule has 0 aliphatic rings. The lowest BCUT2D eigenvalue weighted by Gasteiger charge is -1.93. The summed E-state index contributed by atoms with van der Waals surface area (Å²) in [7, 11) is 1.17. The Labute approximate surface area is 78.6 Å². The van der Waals surface area contributed by atoms with Crippen molar-refractivity contribution in [3.8, 4) is 0 Å². The number of aromatic nitrogens is 1. The van der Waals surface area contributed by atoms with E-state index >= 15 is 0 Å². The van der Waals surface area contributed by atoms with Crippen LogP contribution in [0.3, 0.4) is 0 Å². The molecule has 1 rings (SSSR count). The highest BCUT2D eigenvalue weighted by molar-refractivity contribution is 6.68. The number of carbonyl (C=O) groups excluding carboxylic acids is 2. The number of hydrogen-bond donors (Lipinski definition) is 0. The fourth-order valence-corrected chi connectivity index (χ4v) is 1.06. The van der Waals surface area contributed by atoms with Gasteiger partial charge in [0.1, 0.15) is 5.56 Å². The molecule has 0 amide bonds. The molecule has 70 valence electrons. The molecule has 1 heterocycles. The molecule has 6 heteroatoms. The molecule has 0 spiro atoms. The van der Waals surface area contributed by atoms with Gasteiger partial charge in [0.25, 0.3) is 11.0 Å². The molecular formula is C7H6ClNO4. The van der Waals surface area contributed by atoms with Crippen LogP contribution in [-0.2, 0) is 4.74 Å². The first-order chi connectivity index (χ1) is 6.07. The molecule has 0 saturated carbocycles.